The number of aliphatic hydroxyl groups is 2. The number of esters is 2. The van der Waals surface area contributed by atoms with E-state index in [1.165, 1.54) is 40.6 Å². The molecule has 0 bridgehead atoms. The molecule has 12 heteroatoms. The van der Waals surface area contributed by atoms with Gasteiger partial charge < -0.3 is 48.1 Å². The van der Waals surface area contributed by atoms with Gasteiger partial charge in [0.1, 0.15) is 42.0 Å². The molecule has 2 aliphatic rings. The molecule has 1 saturated heterocycles. The molecule has 2 aromatic carbocycles. The van der Waals surface area contributed by atoms with Gasteiger partial charge in [0.05, 0.1) is 25.3 Å². The van der Waals surface area contributed by atoms with E-state index in [0.717, 1.165) is 0 Å². The molecule has 0 aliphatic carbocycles. The normalized spacial score (nSPS) is 29.0. The highest BCUT2D eigenvalue weighted by atomic mass is 16.7. The molecule has 228 valence electrons. The number of methoxy groups -OCH3 is 4. The van der Waals surface area contributed by atoms with E-state index in [0.29, 0.717) is 17.1 Å². The molecule has 8 atom stereocenters. The summed E-state index contributed by atoms with van der Waals surface area (Å²) in [5.41, 5.74) is 0.553. The minimum Gasteiger partial charge on any atom is -0.497 e. The number of carbonyl (C=O) groups excluding carboxylic acids is 2. The summed E-state index contributed by atoms with van der Waals surface area (Å²) < 4.78 is 44.1. The van der Waals surface area contributed by atoms with Gasteiger partial charge in [0.2, 0.25) is 0 Å². The Morgan fingerprint density at radius 3 is 1.76 bits per heavy atom. The number of ether oxygens (including phenoxy) is 8. The summed E-state index contributed by atoms with van der Waals surface area (Å²) in [7, 11) is 5.85. The number of aliphatic hydroxyl groups excluding tert-OH is 2. The number of benzene rings is 2. The van der Waals surface area contributed by atoms with Crippen LogP contribution in [0.1, 0.15) is 33.6 Å². The van der Waals surface area contributed by atoms with Crippen LogP contribution >= 0.6 is 0 Å². The molecule has 0 unspecified atom stereocenters. The highest BCUT2D eigenvalue weighted by Gasteiger charge is 2.47. The molecule has 12 nitrogen and oxygen atoms in total. The van der Waals surface area contributed by atoms with Gasteiger partial charge in [0.25, 0.3) is 0 Å². The van der Waals surface area contributed by atoms with Gasteiger partial charge in [0.15, 0.2) is 18.7 Å². The fraction of sp³-hybridized carbons (Fsp3) is 0.467. The van der Waals surface area contributed by atoms with E-state index >= 15 is 0 Å². The molecule has 0 spiro atoms. The summed E-state index contributed by atoms with van der Waals surface area (Å²) >= 11 is 0. The monoisotopic (exact) mass is 588 g/mol. The molecular weight excluding hydrogens is 552 g/mol. The van der Waals surface area contributed by atoms with Gasteiger partial charge in [-0.1, -0.05) is 0 Å². The Morgan fingerprint density at radius 2 is 1.24 bits per heavy atom. The molecule has 42 heavy (non-hydrogen) atoms. The first kappa shape index (κ1) is 31.4. The lowest BCUT2D eigenvalue weighted by molar-refractivity contribution is -0.291. The summed E-state index contributed by atoms with van der Waals surface area (Å²) in [4.78, 5) is 25.8. The third-order valence-electron chi connectivity index (χ3n) is 7.11. The van der Waals surface area contributed by atoms with Crippen LogP contribution in [0.3, 0.4) is 0 Å². The largest absolute Gasteiger partial charge is 0.497 e. The second kappa shape index (κ2) is 14.6. The molecule has 0 saturated carbocycles. The van der Waals surface area contributed by atoms with Crippen LogP contribution in [0.5, 0.6) is 11.5 Å². The maximum Gasteiger partial charge on any atom is 0.338 e. The standard InChI is InChI=1S/C30H36O12/c1-35-19-9-5-17(6-10-19)28(33)40-22-15-16-24(37-3)39-21(22)13-14-23-27(25(31)26(32)30(38-4)41-23)42-29(34)18-7-11-20(36-2)12-8-18/h5-12,15-16,21-27,30-32H,13-14H2,1-4H3/t21-,22-,23+,24+,25+,26-,27-,30-/m1/s1. The van der Waals surface area contributed by atoms with Crippen LogP contribution in [0.15, 0.2) is 60.7 Å². The summed E-state index contributed by atoms with van der Waals surface area (Å²) in [5, 5.41) is 21.4. The topological polar surface area (TPSA) is 148 Å². The predicted octanol–water partition coefficient (Wildman–Crippen LogP) is 2.26. The van der Waals surface area contributed by atoms with E-state index < -0.39 is 61.1 Å². The lowest BCUT2D eigenvalue weighted by Gasteiger charge is -2.42. The van der Waals surface area contributed by atoms with E-state index in [2.05, 4.69) is 0 Å². The Labute approximate surface area is 243 Å². The Morgan fingerprint density at radius 1 is 0.690 bits per heavy atom. The van der Waals surface area contributed by atoms with Crippen LogP contribution in [0.25, 0.3) is 0 Å². The van der Waals surface area contributed by atoms with E-state index in [1.807, 2.05) is 0 Å². The van der Waals surface area contributed by atoms with Crippen molar-refractivity contribution in [2.75, 3.05) is 28.4 Å². The average Bonchev–Trinajstić information content (AvgIpc) is 3.03. The quantitative estimate of drug-likeness (QED) is 0.293. The molecule has 0 amide bonds. The molecule has 2 aliphatic heterocycles. The molecule has 2 heterocycles. The van der Waals surface area contributed by atoms with Crippen molar-refractivity contribution in [2.45, 2.75) is 62.0 Å². The molecule has 0 aromatic heterocycles. The van der Waals surface area contributed by atoms with Gasteiger partial charge >= 0.3 is 11.9 Å². The maximum absolute atomic E-state index is 12.9. The smallest absolute Gasteiger partial charge is 0.338 e. The van der Waals surface area contributed by atoms with Gasteiger partial charge in [-0.05, 0) is 73.5 Å². The molecule has 1 fully saturated rings. The second-order valence-electron chi connectivity index (χ2n) is 9.70. The van der Waals surface area contributed by atoms with Crippen molar-refractivity contribution in [1.29, 1.82) is 0 Å². The summed E-state index contributed by atoms with van der Waals surface area (Å²) in [5.74, 6) is -0.123. The Hall–Kier alpha value is -3.52. The predicted molar refractivity (Wildman–Crippen MR) is 146 cm³/mol. The third-order valence-corrected chi connectivity index (χ3v) is 7.11. The van der Waals surface area contributed by atoms with Crippen LogP contribution in [0.2, 0.25) is 0 Å². The second-order valence-corrected chi connectivity index (χ2v) is 9.70. The average molecular weight is 589 g/mol. The van der Waals surface area contributed by atoms with Crippen LogP contribution < -0.4 is 9.47 Å². The van der Waals surface area contributed by atoms with Crippen LogP contribution in [0, 0.1) is 0 Å². The highest BCUT2D eigenvalue weighted by Crippen LogP contribution is 2.30. The molecular formula is C30H36O12. The highest BCUT2D eigenvalue weighted by molar-refractivity contribution is 5.90. The lowest BCUT2D eigenvalue weighted by atomic mass is 9.93. The molecule has 0 radical (unpaired) electrons. The van der Waals surface area contributed by atoms with E-state index in [-0.39, 0.29) is 18.4 Å². The van der Waals surface area contributed by atoms with Crippen molar-refractivity contribution in [3.63, 3.8) is 0 Å². The number of rotatable bonds is 11. The van der Waals surface area contributed by atoms with Gasteiger partial charge in [-0.3, -0.25) is 0 Å². The first-order valence-corrected chi connectivity index (χ1v) is 13.4. The van der Waals surface area contributed by atoms with E-state index in [9.17, 15) is 19.8 Å². The Balaban J connectivity index is 1.48. The zero-order valence-electron chi connectivity index (χ0n) is 23.8. The summed E-state index contributed by atoms with van der Waals surface area (Å²) in [6, 6.07) is 12.7. The SMILES string of the molecule is COc1ccc(C(=O)O[C@H]2[C@@H](O)[C@@H](O)[C@H](OC)O[C@H]2CC[C@H]2O[C@H](OC)C=C[C@H]2OC(=O)c2ccc(OC)cc2)cc1. The Bertz CT molecular complexity index is 1200. The molecule has 2 aromatic rings. The molecule has 4 rings (SSSR count). The Kier molecular flexibility index (Phi) is 10.9. The van der Waals surface area contributed by atoms with Gasteiger partial charge in [-0.15, -0.1) is 0 Å². The van der Waals surface area contributed by atoms with Crippen LogP contribution in [-0.4, -0.2) is 99.8 Å². The minimum atomic E-state index is -1.50. The van der Waals surface area contributed by atoms with Crippen molar-refractivity contribution < 1.29 is 57.7 Å². The van der Waals surface area contributed by atoms with Crippen molar-refractivity contribution in [2.24, 2.45) is 0 Å². The first-order chi connectivity index (χ1) is 20.3. The lowest BCUT2D eigenvalue weighted by Crippen LogP contribution is -2.59. The van der Waals surface area contributed by atoms with Crippen LogP contribution in [-0.2, 0) is 28.4 Å². The van der Waals surface area contributed by atoms with Crippen molar-refractivity contribution in [3.05, 3.63) is 71.8 Å². The zero-order valence-corrected chi connectivity index (χ0v) is 23.8. The third kappa shape index (κ3) is 7.46. The van der Waals surface area contributed by atoms with Gasteiger partial charge in [-0.2, -0.15) is 0 Å². The summed E-state index contributed by atoms with van der Waals surface area (Å²) in [6.07, 6.45) is -4.66. The van der Waals surface area contributed by atoms with E-state index in [4.69, 9.17) is 37.9 Å². The maximum atomic E-state index is 12.9. The number of hydrogen-bond donors (Lipinski definition) is 2. The van der Waals surface area contributed by atoms with E-state index in [1.54, 1.807) is 48.6 Å². The van der Waals surface area contributed by atoms with Crippen molar-refractivity contribution >= 4 is 11.9 Å². The summed E-state index contributed by atoms with van der Waals surface area (Å²) in [6.45, 7) is 0. The number of carbonyl (C=O) groups is 2. The fourth-order valence-electron chi connectivity index (χ4n) is 4.75. The minimum absolute atomic E-state index is 0.176. The van der Waals surface area contributed by atoms with Crippen molar-refractivity contribution in [3.8, 4) is 11.5 Å². The van der Waals surface area contributed by atoms with Gasteiger partial charge in [-0.25, -0.2) is 9.59 Å². The number of hydrogen-bond acceptors (Lipinski definition) is 12. The zero-order chi connectivity index (χ0) is 30.2. The van der Waals surface area contributed by atoms with Gasteiger partial charge in [0, 0.05) is 14.2 Å². The van der Waals surface area contributed by atoms with Crippen molar-refractivity contribution in [1.82, 2.24) is 0 Å². The fourth-order valence-corrected chi connectivity index (χ4v) is 4.75. The first-order valence-electron chi connectivity index (χ1n) is 13.4. The van der Waals surface area contributed by atoms with Crippen LogP contribution in [0.4, 0.5) is 0 Å². The molecule has 2 N–H and O–H groups in total.